The fraction of sp³-hybridized carbons (Fsp3) is 0.125. The van der Waals surface area contributed by atoms with Gasteiger partial charge in [-0.05, 0) is 24.3 Å². The van der Waals surface area contributed by atoms with E-state index in [0.29, 0.717) is 17.2 Å². The summed E-state index contributed by atoms with van der Waals surface area (Å²) in [5.74, 6) is 0.944. The van der Waals surface area contributed by atoms with Crippen molar-refractivity contribution in [2.45, 2.75) is 6.18 Å². The lowest BCUT2D eigenvalue weighted by atomic mass is 10.1. The maximum absolute atomic E-state index is 13.1. The van der Waals surface area contributed by atoms with Crippen LogP contribution in [0.15, 0.2) is 51.4 Å². The van der Waals surface area contributed by atoms with Crippen molar-refractivity contribution in [3.05, 3.63) is 57.0 Å². The van der Waals surface area contributed by atoms with E-state index >= 15 is 0 Å². The maximum Gasteiger partial charge on any atom is 0.417 e. The standard InChI is InChI=1S/C16H10Br2F3N3/c1-24-14(9-2-5-11(17)6-3-9)22-23-15(24)10-4-7-13(18)12(8-10)16(19,20)21/h2-8H,1H3. The van der Waals surface area contributed by atoms with Gasteiger partial charge in [-0.2, -0.15) is 13.2 Å². The molecule has 0 aliphatic heterocycles. The van der Waals surface area contributed by atoms with E-state index in [1.165, 1.54) is 6.07 Å². The Balaban J connectivity index is 2.07. The molecule has 124 valence electrons. The van der Waals surface area contributed by atoms with E-state index in [-0.39, 0.29) is 4.47 Å². The summed E-state index contributed by atoms with van der Waals surface area (Å²) in [6.07, 6.45) is -4.44. The van der Waals surface area contributed by atoms with E-state index < -0.39 is 11.7 Å². The summed E-state index contributed by atoms with van der Waals surface area (Å²) in [4.78, 5) is 0. The Kier molecular flexibility index (Phi) is 4.52. The Labute approximate surface area is 152 Å². The summed E-state index contributed by atoms with van der Waals surface area (Å²) in [6, 6.07) is 11.5. The lowest BCUT2D eigenvalue weighted by molar-refractivity contribution is -0.138. The summed E-state index contributed by atoms with van der Waals surface area (Å²) >= 11 is 6.30. The van der Waals surface area contributed by atoms with Crippen molar-refractivity contribution in [2.24, 2.45) is 7.05 Å². The fourth-order valence-corrected chi connectivity index (χ4v) is 3.05. The number of halogens is 5. The third kappa shape index (κ3) is 3.25. The zero-order valence-electron chi connectivity index (χ0n) is 12.3. The van der Waals surface area contributed by atoms with Crippen LogP contribution in [0, 0.1) is 0 Å². The molecule has 3 aromatic rings. The summed E-state index contributed by atoms with van der Waals surface area (Å²) in [5, 5.41) is 8.17. The van der Waals surface area contributed by atoms with E-state index in [1.54, 1.807) is 17.7 Å². The van der Waals surface area contributed by atoms with Crippen LogP contribution in [0.3, 0.4) is 0 Å². The van der Waals surface area contributed by atoms with Gasteiger partial charge in [-0.3, -0.25) is 0 Å². The number of rotatable bonds is 2. The molecule has 3 rings (SSSR count). The van der Waals surface area contributed by atoms with Crippen LogP contribution in [-0.4, -0.2) is 14.8 Å². The molecule has 0 aliphatic rings. The van der Waals surface area contributed by atoms with Crippen LogP contribution in [0.5, 0.6) is 0 Å². The average Bonchev–Trinajstić information content (AvgIpc) is 2.89. The monoisotopic (exact) mass is 459 g/mol. The summed E-state index contributed by atoms with van der Waals surface area (Å²) in [7, 11) is 1.72. The first-order chi connectivity index (χ1) is 11.3. The number of hydrogen-bond acceptors (Lipinski definition) is 2. The molecule has 0 saturated heterocycles. The van der Waals surface area contributed by atoms with Crippen molar-refractivity contribution in [3.8, 4) is 22.8 Å². The van der Waals surface area contributed by atoms with Crippen LogP contribution in [-0.2, 0) is 13.2 Å². The van der Waals surface area contributed by atoms with Gasteiger partial charge in [0.1, 0.15) is 0 Å². The summed E-state index contributed by atoms with van der Waals surface area (Å²) < 4.78 is 41.8. The highest BCUT2D eigenvalue weighted by Gasteiger charge is 2.33. The molecule has 1 aromatic heterocycles. The predicted octanol–water partition coefficient (Wildman–Crippen LogP) is 5.69. The minimum absolute atomic E-state index is 0.00551. The Hall–Kier alpha value is -1.67. The van der Waals surface area contributed by atoms with Crippen molar-refractivity contribution in [1.82, 2.24) is 14.8 Å². The quantitative estimate of drug-likeness (QED) is 0.491. The smallest absolute Gasteiger partial charge is 0.310 e. The van der Waals surface area contributed by atoms with Gasteiger partial charge in [-0.15, -0.1) is 10.2 Å². The Bertz CT molecular complexity index is 887. The van der Waals surface area contributed by atoms with E-state index in [4.69, 9.17) is 0 Å². The zero-order chi connectivity index (χ0) is 17.5. The highest BCUT2D eigenvalue weighted by Crippen LogP contribution is 2.37. The van der Waals surface area contributed by atoms with Crippen LogP contribution in [0.25, 0.3) is 22.8 Å². The van der Waals surface area contributed by atoms with Gasteiger partial charge in [0, 0.05) is 27.1 Å². The molecular weight excluding hydrogens is 451 g/mol. The fourth-order valence-electron chi connectivity index (χ4n) is 2.31. The molecule has 0 N–H and O–H groups in total. The van der Waals surface area contributed by atoms with Gasteiger partial charge < -0.3 is 4.57 Å². The van der Waals surface area contributed by atoms with Gasteiger partial charge in [0.2, 0.25) is 0 Å². The maximum atomic E-state index is 13.1. The van der Waals surface area contributed by atoms with Crippen molar-refractivity contribution in [3.63, 3.8) is 0 Å². The molecule has 1 heterocycles. The molecule has 0 atom stereocenters. The van der Waals surface area contributed by atoms with E-state index in [1.807, 2.05) is 24.3 Å². The Morgan fingerprint density at radius 2 is 1.42 bits per heavy atom. The number of aromatic nitrogens is 3. The van der Waals surface area contributed by atoms with Gasteiger partial charge in [-0.25, -0.2) is 0 Å². The summed E-state index contributed by atoms with van der Waals surface area (Å²) in [5.41, 5.74) is 0.435. The lowest BCUT2D eigenvalue weighted by Crippen LogP contribution is -2.06. The minimum atomic E-state index is -4.44. The van der Waals surface area contributed by atoms with Gasteiger partial charge >= 0.3 is 6.18 Å². The van der Waals surface area contributed by atoms with Gasteiger partial charge in [0.15, 0.2) is 11.6 Å². The molecule has 8 heteroatoms. The molecule has 0 amide bonds. The van der Waals surface area contributed by atoms with Gasteiger partial charge in [0.25, 0.3) is 0 Å². The first-order valence-corrected chi connectivity index (χ1v) is 8.38. The molecule has 0 aliphatic carbocycles. The van der Waals surface area contributed by atoms with Crippen molar-refractivity contribution in [1.29, 1.82) is 0 Å². The van der Waals surface area contributed by atoms with Crippen LogP contribution in [0.2, 0.25) is 0 Å². The first kappa shape index (κ1) is 17.2. The first-order valence-electron chi connectivity index (χ1n) is 6.80. The van der Waals surface area contributed by atoms with Gasteiger partial charge in [-0.1, -0.05) is 50.1 Å². The van der Waals surface area contributed by atoms with E-state index in [0.717, 1.165) is 16.1 Å². The van der Waals surface area contributed by atoms with Crippen LogP contribution < -0.4 is 0 Å². The molecule has 3 nitrogen and oxygen atoms in total. The Morgan fingerprint density at radius 3 is 2.00 bits per heavy atom. The van der Waals surface area contributed by atoms with E-state index in [9.17, 15) is 13.2 Å². The minimum Gasteiger partial charge on any atom is -0.310 e. The second-order valence-corrected chi connectivity index (χ2v) is 6.88. The molecule has 0 unspecified atom stereocenters. The molecule has 0 fully saturated rings. The van der Waals surface area contributed by atoms with Crippen molar-refractivity contribution < 1.29 is 13.2 Å². The largest absolute Gasteiger partial charge is 0.417 e. The number of benzene rings is 2. The van der Waals surface area contributed by atoms with Crippen LogP contribution >= 0.6 is 31.9 Å². The molecule has 0 bridgehead atoms. The van der Waals surface area contributed by atoms with Crippen molar-refractivity contribution in [2.75, 3.05) is 0 Å². The van der Waals surface area contributed by atoms with Crippen molar-refractivity contribution >= 4 is 31.9 Å². The topological polar surface area (TPSA) is 30.7 Å². The normalized spacial score (nSPS) is 11.8. The lowest BCUT2D eigenvalue weighted by Gasteiger charge is -2.11. The predicted molar refractivity (Wildman–Crippen MR) is 92.3 cm³/mol. The molecule has 0 spiro atoms. The second kappa shape index (κ2) is 6.33. The SMILES string of the molecule is Cn1c(-c2ccc(Br)cc2)nnc1-c1ccc(Br)c(C(F)(F)F)c1. The average molecular weight is 461 g/mol. The third-order valence-electron chi connectivity index (χ3n) is 3.51. The number of hydrogen-bond donors (Lipinski definition) is 0. The Morgan fingerprint density at radius 1 is 0.875 bits per heavy atom. The number of nitrogens with zero attached hydrogens (tertiary/aromatic N) is 3. The van der Waals surface area contributed by atoms with E-state index in [2.05, 4.69) is 42.1 Å². The summed E-state index contributed by atoms with van der Waals surface area (Å²) in [6.45, 7) is 0. The highest BCUT2D eigenvalue weighted by molar-refractivity contribution is 9.10. The molecule has 24 heavy (non-hydrogen) atoms. The second-order valence-electron chi connectivity index (χ2n) is 5.11. The third-order valence-corrected chi connectivity index (χ3v) is 4.73. The number of alkyl halides is 3. The van der Waals surface area contributed by atoms with Crippen LogP contribution in [0.4, 0.5) is 13.2 Å². The highest BCUT2D eigenvalue weighted by atomic mass is 79.9. The molecule has 0 saturated carbocycles. The van der Waals surface area contributed by atoms with Crippen LogP contribution in [0.1, 0.15) is 5.56 Å². The molecular formula is C16H10Br2F3N3. The molecule has 2 aromatic carbocycles. The molecule has 0 radical (unpaired) electrons. The van der Waals surface area contributed by atoms with Gasteiger partial charge in [0.05, 0.1) is 5.56 Å². The zero-order valence-corrected chi connectivity index (χ0v) is 15.4.